The Morgan fingerprint density at radius 3 is 2.46 bits per heavy atom. The Labute approximate surface area is 167 Å². The number of amides is 1. The van der Waals surface area contributed by atoms with Gasteiger partial charge in [-0.3, -0.25) is 4.79 Å². The van der Waals surface area contributed by atoms with E-state index in [4.69, 9.17) is 0 Å². The highest BCUT2D eigenvalue weighted by molar-refractivity contribution is 7.89. The number of anilines is 1. The Kier molecular flexibility index (Phi) is 5.64. The first-order chi connectivity index (χ1) is 13.1. The second-order valence-electron chi connectivity index (χ2n) is 7.58. The minimum atomic E-state index is -3.67. The molecule has 2 aromatic rings. The van der Waals surface area contributed by atoms with Crippen LogP contribution in [0.2, 0.25) is 0 Å². The van der Waals surface area contributed by atoms with E-state index in [9.17, 15) is 13.2 Å². The van der Waals surface area contributed by atoms with Gasteiger partial charge in [-0.05, 0) is 80.1 Å². The maximum atomic E-state index is 13.0. The molecule has 1 heterocycles. The maximum Gasteiger partial charge on any atom is 0.241 e. The molecule has 28 heavy (non-hydrogen) atoms. The number of carbonyl (C=O) groups excluding carboxylic acids is 1. The van der Waals surface area contributed by atoms with Gasteiger partial charge in [-0.1, -0.05) is 19.1 Å². The van der Waals surface area contributed by atoms with Gasteiger partial charge in [0, 0.05) is 24.7 Å². The zero-order valence-electron chi connectivity index (χ0n) is 17.2. The first-order valence-corrected chi connectivity index (χ1v) is 11.2. The van der Waals surface area contributed by atoms with Crippen LogP contribution in [0.5, 0.6) is 0 Å². The van der Waals surface area contributed by atoms with E-state index in [-0.39, 0.29) is 16.8 Å². The molecule has 0 radical (unpaired) electrons. The zero-order valence-corrected chi connectivity index (χ0v) is 18.0. The molecule has 1 atom stereocenters. The molecule has 1 amide bonds. The van der Waals surface area contributed by atoms with E-state index < -0.39 is 10.0 Å². The molecule has 6 heteroatoms. The number of rotatable bonds is 5. The third-order valence-corrected chi connectivity index (χ3v) is 7.08. The van der Waals surface area contributed by atoms with Gasteiger partial charge in [0.15, 0.2) is 0 Å². The van der Waals surface area contributed by atoms with Crippen LogP contribution in [0, 0.1) is 20.8 Å². The zero-order chi connectivity index (χ0) is 20.6. The van der Waals surface area contributed by atoms with Gasteiger partial charge in [0.25, 0.3) is 0 Å². The Hall–Kier alpha value is -2.18. The van der Waals surface area contributed by atoms with Crippen molar-refractivity contribution in [3.63, 3.8) is 0 Å². The molecule has 0 aliphatic carbocycles. The van der Waals surface area contributed by atoms with Crippen LogP contribution in [0.25, 0.3) is 0 Å². The van der Waals surface area contributed by atoms with Crippen LogP contribution in [-0.4, -0.2) is 20.9 Å². The Balaban J connectivity index is 1.86. The maximum absolute atomic E-state index is 13.0. The largest absolute Gasteiger partial charge is 0.312 e. The summed E-state index contributed by atoms with van der Waals surface area (Å²) < 4.78 is 28.7. The van der Waals surface area contributed by atoms with Gasteiger partial charge in [0.2, 0.25) is 15.9 Å². The molecule has 0 bridgehead atoms. The fourth-order valence-corrected chi connectivity index (χ4v) is 5.08. The van der Waals surface area contributed by atoms with Crippen molar-refractivity contribution in [3.8, 4) is 0 Å². The van der Waals surface area contributed by atoms with Crippen molar-refractivity contribution in [2.75, 3.05) is 11.4 Å². The van der Waals surface area contributed by atoms with Crippen molar-refractivity contribution in [2.45, 2.75) is 58.4 Å². The van der Waals surface area contributed by atoms with Gasteiger partial charge in [-0.2, -0.15) is 0 Å². The second kappa shape index (κ2) is 7.68. The second-order valence-corrected chi connectivity index (χ2v) is 9.29. The lowest BCUT2D eigenvalue weighted by atomic mass is 9.97. The summed E-state index contributed by atoms with van der Waals surface area (Å²) in [6.45, 7) is 10.4. The molecule has 2 aromatic carbocycles. The molecule has 3 rings (SSSR count). The first kappa shape index (κ1) is 20.6. The fourth-order valence-electron chi connectivity index (χ4n) is 3.81. The van der Waals surface area contributed by atoms with Crippen molar-refractivity contribution in [1.82, 2.24) is 4.72 Å². The summed E-state index contributed by atoms with van der Waals surface area (Å²) in [4.78, 5) is 14.0. The van der Waals surface area contributed by atoms with Crippen LogP contribution in [0.4, 0.5) is 5.69 Å². The molecule has 150 valence electrons. The number of hydrogen-bond donors (Lipinski definition) is 1. The van der Waals surface area contributed by atoms with Crippen molar-refractivity contribution in [2.24, 2.45) is 0 Å². The quantitative estimate of drug-likeness (QED) is 0.826. The summed E-state index contributed by atoms with van der Waals surface area (Å²) in [7, 11) is -3.67. The van der Waals surface area contributed by atoms with E-state index in [1.165, 1.54) is 5.56 Å². The highest BCUT2D eigenvalue weighted by Gasteiger charge is 2.26. The van der Waals surface area contributed by atoms with E-state index in [2.05, 4.69) is 23.8 Å². The van der Waals surface area contributed by atoms with E-state index in [1.807, 2.05) is 27.7 Å². The number of benzene rings is 2. The van der Waals surface area contributed by atoms with E-state index in [1.54, 1.807) is 23.1 Å². The molecule has 1 aliphatic rings. The highest BCUT2D eigenvalue weighted by Crippen LogP contribution is 2.31. The van der Waals surface area contributed by atoms with Crippen LogP contribution in [-0.2, 0) is 21.2 Å². The number of aryl methyl sites for hydroxylation is 3. The summed E-state index contributed by atoms with van der Waals surface area (Å²) >= 11 is 0. The predicted octanol–water partition coefficient (Wildman–Crippen LogP) is 3.95. The van der Waals surface area contributed by atoms with Crippen molar-refractivity contribution < 1.29 is 13.2 Å². The van der Waals surface area contributed by atoms with Crippen molar-refractivity contribution >= 4 is 21.6 Å². The van der Waals surface area contributed by atoms with E-state index >= 15 is 0 Å². The van der Waals surface area contributed by atoms with Crippen LogP contribution in [0.15, 0.2) is 35.2 Å². The molecule has 0 spiro atoms. The number of nitrogens with one attached hydrogen (secondary N) is 1. The fraction of sp³-hybridized carbons (Fsp3) is 0.409. The summed E-state index contributed by atoms with van der Waals surface area (Å²) in [5, 5.41) is 0. The van der Waals surface area contributed by atoms with Crippen LogP contribution in [0.1, 0.15) is 54.1 Å². The van der Waals surface area contributed by atoms with Gasteiger partial charge < -0.3 is 4.90 Å². The smallest absolute Gasteiger partial charge is 0.241 e. The van der Waals surface area contributed by atoms with Crippen molar-refractivity contribution in [3.05, 3.63) is 58.1 Å². The Morgan fingerprint density at radius 2 is 1.79 bits per heavy atom. The topological polar surface area (TPSA) is 66.5 Å². The number of carbonyl (C=O) groups is 1. The Morgan fingerprint density at radius 1 is 1.11 bits per heavy atom. The number of fused-ring (bicyclic) bond motifs is 1. The van der Waals surface area contributed by atoms with Crippen LogP contribution >= 0.6 is 0 Å². The third kappa shape index (κ3) is 3.84. The SMILES string of the molecule is CCC(=O)N1CCc2cc(S(=O)(=O)N[C@H](C)c3cc(C)c(C)cc3C)ccc21. The molecule has 5 nitrogen and oxygen atoms in total. The molecule has 0 fully saturated rings. The van der Waals surface area contributed by atoms with Gasteiger partial charge in [0.05, 0.1) is 4.90 Å². The normalized spacial score (nSPS) is 14.8. The summed E-state index contributed by atoms with van der Waals surface area (Å²) in [6, 6.07) is 8.83. The molecule has 0 saturated heterocycles. The van der Waals surface area contributed by atoms with Gasteiger partial charge >= 0.3 is 0 Å². The molecule has 0 aromatic heterocycles. The van der Waals surface area contributed by atoms with E-state index in [0.29, 0.717) is 19.4 Å². The first-order valence-electron chi connectivity index (χ1n) is 9.67. The van der Waals surface area contributed by atoms with Crippen molar-refractivity contribution in [1.29, 1.82) is 0 Å². The minimum absolute atomic E-state index is 0.0614. The lowest BCUT2D eigenvalue weighted by Gasteiger charge is -2.19. The minimum Gasteiger partial charge on any atom is -0.312 e. The average molecular weight is 401 g/mol. The van der Waals surface area contributed by atoms with Gasteiger partial charge in [-0.15, -0.1) is 0 Å². The lowest BCUT2D eigenvalue weighted by molar-refractivity contribution is -0.118. The molecular formula is C22H28N2O3S. The monoisotopic (exact) mass is 400 g/mol. The summed E-state index contributed by atoms with van der Waals surface area (Å²) in [5.41, 5.74) is 6.11. The molecular weight excluding hydrogens is 372 g/mol. The van der Waals surface area contributed by atoms with Gasteiger partial charge in [-0.25, -0.2) is 13.1 Å². The third-order valence-electron chi connectivity index (χ3n) is 5.54. The standard InChI is InChI=1S/C22H28N2O3S/c1-6-22(25)24-10-9-18-13-19(7-8-21(18)24)28(26,27)23-17(5)20-12-15(3)14(2)11-16(20)4/h7-8,11-13,17,23H,6,9-10H2,1-5H3/t17-/m1/s1. The number of sulfonamides is 1. The lowest BCUT2D eigenvalue weighted by Crippen LogP contribution is -2.28. The summed E-state index contributed by atoms with van der Waals surface area (Å²) in [5.74, 6) is 0.0614. The summed E-state index contributed by atoms with van der Waals surface area (Å²) in [6.07, 6.45) is 1.12. The number of hydrogen-bond acceptors (Lipinski definition) is 3. The number of nitrogens with zero attached hydrogens (tertiary/aromatic N) is 1. The molecule has 1 aliphatic heterocycles. The Bertz CT molecular complexity index is 1030. The average Bonchev–Trinajstić information content (AvgIpc) is 3.06. The van der Waals surface area contributed by atoms with Gasteiger partial charge in [0.1, 0.15) is 0 Å². The molecule has 0 unspecified atom stereocenters. The molecule has 0 saturated carbocycles. The predicted molar refractivity (Wildman–Crippen MR) is 112 cm³/mol. The highest BCUT2D eigenvalue weighted by atomic mass is 32.2. The van der Waals surface area contributed by atoms with Crippen LogP contribution < -0.4 is 9.62 Å². The van der Waals surface area contributed by atoms with Crippen LogP contribution in [0.3, 0.4) is 0 Å². The molecule has 1 N–H and O–H groups in total. The van der Waals surface area contributed by atoms with E-state index in [0.717, 1.165) is 27.9 Å².